The fraction of sp³-hybridized carbons (Fsp3) is 0.0714. The quantitative estimate of drug-likeness (QED) is 0.785. The number of aldehydes is 1. The molecule has 0 radical (unpaired) electrons. The van der Waals surface area contributed by atoms with Crippen molar-refractivity contribution in [3.8, 4) is 22.6 Å². The number of carbonyl (C=O) groups excluding carboxylic acids is 1. The summed E-state index contributed by atoms with van der Waals surface area (Å²) in [6.07, 6.45) is -4.70. The molecule has 3 nitrogen and oxygen atoms in total. The van der Waals surface area contributed by atoms with Crippen LogP contribution in [0.2, 0.25) is 10.0 Å². The number of hydrogen-bond acceptors (Lipinski definition) is 3. The van der Waals surface area contributed by atoms with Crippen LogP contribution in [0, 0.1) is 0 Å². The second kappa shape index (κ2) is 6.06. The van der Waals surface area contributed by atoms with Crippen molar-refractivity contribution >= 4 is 29.5 Å². The van der Waals surface area contributed by atoms with Gasteiger partial charge in [0.15, 0.2) is 6.29 Å². The van der Waals surface area contributed by atoms with E-state index in [1.165, 1.54) is 18.2 Å². The van der Waals surface area contributed by atoms with Crippen LogP contribution in [0.5, 0.6) is 11.5 Å². The van der Waals surface area contributed by atoms with Crippen molar-refractivity contribution in [3.63, 3.8) is 0 Å². The highest BCUT2D eigenvalue weighted by Gasteiger charge is 2.31. The first-order chi connectivity index (χ1) is 10.2. The van der Waals surface area contributed by atoms with E-state index >= 15 is 0 Å². The molecule has 0 fully saturated rings. The van der Waals surface area contributed by atoms with Crippen LogP contribution in [0.25, 0.3) is 11.1 Å². The predicted octanol–water partition coefficient (Wildman–Crippen LogP) is 5.08. The largest absolute Gasteiger partial charge is 0.573 e. The number of aromatic hydroxyl groups is 1. The Morgan fingerprint density at radius 3 is 2.32 bits per heavy atom. The summed E-state index contributed by atoms with van der Waals surface area (Å²) in [6, 6.07) is 5.95. The molecule has 116 valence electrons. The van der Waals surface area contributed by atoms with Crippen molar-refractivity contribution in [2.75, 3.05) is 0 Å². The zero-order chi connectivity index (χ0) is 16.5. The van der Waals surface area contributed by atoms with Gasteiger partial charge in [-0.1, -0.05) is 29.3 Å². The summed E-state index contributed by atoms with van der Waals surface area (Å²) in [5.41, 5.74) is -0.104. The number of rotatable bonds is 3. The standard InChI is InChI=1S/C14H7Cl2F3O3/c15-11-2-1-7(4-12(11)16)10-5-9(22-14(17,18)19)3-8(6-20)13(10)21/h1-6,21H. The zero-order valence-electron chi connectivity index (χ0n) is 10.6. The third kappa shape index (κ3) is 3.64. The molecule has 1 N–H and O–H groups in total. The van der Waals surface area contributed by atoms with Crippen molar-refractivity contribution in [2.24, 2.45) is 0 Å². The van der Waals surface area contributed by atoms with E-state index < -0.39 is 17.9 Å². The lowest BCUT2D eigenvalue weighted by molar-refractivity contribution is -0.274. The summed E-state index contributed by atoms with van der Waals surface area (Å²) in [6.45, 7) is 0. The highest BCUT2D eigenvalue weighted by molar-refractivity contribution is 6.42. The molecule has 2 aromatic carbocycles. The Hall–Kier alpha value is -1.92. The van der Waals surface area contributed by atoms with Crippen molar-refractivity contribution in [1.29, 1.82) is 0 Å². The fourth-order valence-corrected chi connectivity index (χ4v) is 2.09. The smallest absolute Gasteiger partial charge is 0.507 e. The molecule has 2 rings (SSSR count). The monoisotopic (exact) mass is 350 g/mol. The van der Waals surface area contributed by atoms with Crippen LogP contribution in [-0.2, 0) is 0 Å². The summed E-state index contributed by atoms with van der Waals surface area (Å²) in [7, 11) is 0. The van der Waals surface area contributed by atoms with Crippen LogP contribution in [0.4, 0.5) is 13.2 Å². The van der Waals surface area contributed by atoms with E-state index in [-0.39, 0.29) is 33.0 Å². The van der Waals surface area contributed by atoms with E-state index in [4.69, 9.17) is 23.2 Å². The Kier molecular flexibility index (Phi) is 4.53. The maximum atomic E-state index is 12.3. The summed E-state index contributed by atoms with van der Waals surface area (Å²) in [5, 5.41) is 10.4. The lowest BCUT2D eigenvalue weighted by Gasteiger charge is -2.13. The number of alkyl halides is 3. The van der Waals surface area contributed by atoms with Gasteiger partial charge in [-0.25, -0.2) is 0 Å². The minimum atomic E-state index is -4.92. The van der Waals surface area contributed by atoms with Crippen LogP contribution < -0.4 is 4.74 Å². The van der Waals surface area contributed by atoms with Gasteiger partial charge in [0.2, 0.25) is 0 Å². The second-order valence-corrected chi connectivity index (χ2v) is 5.02. The molecule has 0 aliphatic carbocycles. The Labute approximate surface area is 132 Å². The molecule has 0 aliphatic heterocycles. The Bertz CT molecular complexity index is 730. The van der Waals surface area contributed by atoms with Gasteiger partial charge >= 0.3 is 6.36 Å². The number of ether oxygens (including phenoxy) is 1. The second-order valence-electron chi connectivity index (χ2n) is 4.20. The number of carbonyl (C=O) groups is 1. The third-order valence-corrected chi connectivity index (χ3v) is 3.44. The van der Waals surface area contributed by atoms with Gasteiger partial charge in [-0.3, -0.25) is 4.79 Å². The van der Waals surface area contributed by atoms with E-state index in [1.807, 2.05) is 0 Å². The minimum absolute atomic E-state index is 0.0394. The van der Waals surface area contributed by atoms with Gasteiger partial charge in [0.1, 0.15) is 11.5 Å². The van der Waals surface area contributed by atoms with Crippen molar-refractivity contribution in [1.82, 2.24) is 0 Å². The summed E-state index contributed by atoms with van der Waals surface area (Å²) < 4.78 is 40.7. The van der Waals surface area contributed by atoms with Crippen LogP contribution in [0.1, 0.15) is 10.4 Å². The minimum Gasteiger partial charge on any atom is -0.507 e. The van der Waals surface area contributed by atoms with Gasteiger partial charge in [0, 0.05) is 5.56 Å². The normalized spacial score (nSPS) is 11.3. The molecule has 0 saturated heterocycles. The maximum absolute atomic E-state index is 12.3. The Morgan fingerprint density at radius 1 is 1.09 bits per heavy atom. The molecular weight excluding hydrogens is 344 g/mol. The van der Waals surface area contributed by atoms with Gasteiger partial charge in [0.05, 0.1) is 15.6 Å². The van der Waals surface area contributed by atoms with Gasteiger partial charge in [-0.05, 0) is 29.8 Å². The summed E-state index contributed by atoms with van der Waals surface area (Å²) >= 11 is 11.6. The van der Waals surface area contributed by atoms with E-state index in [1.54, 1.807) is 0 Å². The lowest BCUT2D eigenvalue weighted by Crippen LogP contribution is -2.17. The van der Waals surface area contributed by atoms with E-state index in [2.05, 4.69) is 4.74 Å². The molecular formula is C14H7Cl2F3O3. The van der Waals surface area contributed by atoms with Gasteiger partial charge < -0.3 is 9.84 Å². The lowest BCUT2D eigenvalue weighted by atomic mass is 10.0. The zero-order valence-corrected chi connectivity index (χ0v) is 12.1. The number of phenols is 1. The average molecular weight is 351 g/mol. The number of hydrogen-bond donors (Lipinski definition) is 1. The van der Waals surface area contributed by atoms with Crippen molar-refractivity contribution < 1.29 is 27.8 Å². The predicted molar refractivity (Wildman–Crippen MR) is 75.6 cm³/mol. The Balaban J connectivity index is 2.60. The van der Waals surface area contributed by atoms with E-state index in [9.17, 15) is 23.1 Å². The first-order valence-electron chi connectivity index (χ1n) is 5.74. The molecule has 0 bridgehead atoms. The maximum Gasteiger partial charge on any atom is 0.573 e. The molecule has 2 aromatic rings. The molecule has 0 amide bonds. The van der Waals surface area contributed by atoms with Gasteiger partial charge in [0.25, 0.3) is 0 Å². The first kappa shape index (κ1) is 16.5. The third-order valence-electron chi connectivity index (χ3n) is 2.70. The van der Waals surface area contributed by atoms with Crippen LogP contribution in [-0.4, -0.2) is 17.8 Å². The number of benzene rings is 2. The number of phenolic OH excluding ortho intramolecular Hbond substituents is 1. The molecule has 0 saturated carbocycles. The molecule has 22 heavy (non-hydrogen) atoms. The van der Waals surface area contributed by atoms with E-state index in [0.29, 0.717) is 0 Å². The highest BCUT2D eigenvalue weighted by Crippen LogP contribution is 2.39. The van der Waals surface area contributed by atoms with Crippen LogP contribution in [0.3, 0.4) is 0 Å². The molecule has 0 aliphatic rings. The average Bonchev–Trinajstić information content (AvgIpc) is 2.42. The number of halogens is 5. The Morgan fingerprint density at radius 2 is 1.77 bits per heavy atom. The molecule has 0 atom stereocenters. The topological polar surface area (TPSA) is 46.5 Å². The van der Waals surface area contributed by atoms with Crippen molar-refractivity contribution in [2.45, 2.75) is 6.36 Å². The summed E-state index contributed by atoms with van der Waals surface area (Å²) in [4.78, 5) is 10.9. The fourth-order valence-electron chi connectivity index (χ4n) is 1.80. The van der Waals surface area contributed by atoms with Gasteiger partial charge in [-0.2, -0.15) is 0 Å². The molecule has 0 spiro atoms. The summed E-state index contributed by atoms with van der Waals surface area (Å²) in [5.74, 6) is -1.11. The van der Waals surface area contributed by atoms with Crippen molar-refractivity contribution in [3.05, 3.63) is 45.9 Å². The van der Waals surface area contributed by atoms with Crippen LogP contribution in [0.15, 0.2) is 30.3 Å². The van der Waals surface area contributed by atoms with Crippen LogP contribution >= 0.6 is 23.2 Å². The SMILES string of the molecule is O=Cc1cc(OC(F)(F)F)cc(-c2ccc(Cl)c(Cl)c2)c1O. The first-order valence-corrected chi connectivity index (χ1v) is 6.50. The molecule has 0 unspecified atom stereocenters. The molecule has 8 heteroatoms. The van der Waals surface area contributed by atoms with Gasteiger partial charge in [-0.15, -0.1) is 13.2 Å². The molecule has 0 heterocycles. The van der Waals surface area contributed by atoms with E-state index in [0.717, 1.165) is 12.1 Å². The highest BCUT2D eigenvalue weighted by atomic mass is 35.5. The molecule has 0 aromatic heterocycles.